The van der Waals surface area contributed by atoms with Gasteiger partial charge in [-0.3, -0.25) is 4.79 Å². The molecule has 4 aromatic rings. The summed E-state index contributed by atoms with van der Waals surface area (Å²) in [6.45, 7) is 3.61. The van der Waals surface area contributed by atoms with Crippen molar-refractivity contribution in [1.29, 1.82) is 5.26 Å². The molecule has 0 aliphatic heterocycles. The highest BCUT2D eigenvalue weighted by atomic mass is 32.2. The van der Waals surface area contributed by atoms with E-state index in [1.54, 1.807) is 20.0 Å². The number of aromatic nitrogens is 3. The lowest BCUT2D eigenvalue weighted by molar-refractivity contribution is -0.113. The van der Waals surface area contributed by atoms with Crippen molar-refractivity contribution in [1.82, 2.24) is 15.0 Å². The third-order valence-corrected chi connectivity index (χ3v) is 6.85. The molecule has 2 N–H and O–H groups in total. The summed E-state index contributed by atoms with van der Waals surface area (Å²) in [5, 5.41) is 13.2. The van der Waals surface area contributed by atoms with E-state index >= 15 is 0 Å². The number of hydrogen-bond donors (Lipinski definition) is 2. The Labute approximate surface area is 198 Å². The second-order valence-electron chi connectivity index (χ2n) is 6.92. The molecule has 0 atom stereocenters. The third kappa shape index (κ3) is 4.89. The van der Waals surface area contributed by atoms with Gasteiger partial charge >= 0.3 is 5.97 Å². The Hall–Kier alpha value is -3.68. The zero-order valence-electron chi connectivity index (χ0n) is 17.8. The van der Waals surface area contributed by atoms with Gasteiger partial charge in [-0.2, -0.15) is 5.26 Å². The van der Waals surface area contributed by atoms with E-state index in [4.69, 9.17) is 4.74 Å². The molecule has 1 aromatic carbocycles. The molecular formula is C23H19N5O3S2. The summed E-state index contributed by atoms with van der Waals surface area (Å²) in [5.41, 5.74) is 3.46. The minimum atomic E-state index is -0.500. The molecule has 10 heteroatoms. The number of nitriles is 1. The van der Waals surface area contributed by atoms with Gasteiger partial charge in [-0.1, -0.05) is 23.9 Å². The minimum absolute atomic E-state index is 0.105. The summed E-state index contributed by atoms with van der Waals surface area (Å²) in [4.78, 5) is 37.1. The Bertz CT molecular complexity index is 1340. The molecule has 0 aliphatic carbocycles. The number of hydrogen-bond acceptors (Lipinski definition) is 8. The normalized spacial score (nSPS) is 10.7. The Morgan fingerprint density at radius 3 is 2.79 bits per heavy atom. The van der Waals surface area contributed by atoms with Crippen LogP contribution in [0.15, 0.2) is 47.6 Å². The van der Waals surface area contributed by atoms with Gasteiger partial charge in [-0.25, -0.2) is 14.8 Å². The Morgan fingerprint density at radius 1 is 1.27 bits per heavy atom. The number of nitrogens with zero attached hydrogens (tertiary/aromatic N) is 3. The van der Waals surface area contributed by atoms with Gasteiger partial charge in [0.25, 0.3) is 0 Å². The summed E-state index contributed by atoms with van der Waals surface area (Å²) in [6, 6.07) is 13.6. The van der Waals surface area contributed by atoms with Crippen LogP contribution in [0.3, 0.4) is 0 Å². The standard InChI is InChI=1S/C23H19N5O3S2/c1-3-31-23(30)20-13(2)15(10-24)22(33-20)28-18(29)12-32-19-9-8-14(11-25-19)21-26-16-6-4-5-7-17(16)27-21/h4-9,11H,3,12H2,1-2H3,(H,26,27)(H,28,29). The second-order valence-corrected chi connectivity index (χ2v) is 8.93. The highest BCUT2D eigenvalue weighted by Gasteiger charge is 2.22. The maximum atomic E-state index is 12.5. The first kappa shape index (κ1) is 22.5. The lowest BCUT2D eigenvalue weighted by Crippen LogP contribution is -2.14. The van der Waals surface area contributed by atoms with E-state index in [1.165, 1.54) is 11.8 Å². The maximum absolute atomic E-state index is 12.5. The summed E-state index contributed by atoms with van der Waals surface area (Å²) in [6.07, 6.45) is 1.71. The van der Waals surface area contributed by atoms with Crippen molar-refractivity contribution >= 4 is 51.0 Å². The van der Waals surface area contributed by atoms with E-state index in [0.717, 1.165) is 33.8 Å². The first-order valence-electron chi connectivity index (χ1n) is 10.0. The number of carbonyl (C=O) groups is 2. The van der Waals surface area contributed by atoms with E-state index in [0.29, 0.717) is 20.5 Å². The number of anilines is 1. The highest BCUT2D eigenvalue weighted by Crippen LogP contribution is 2.33. The Balaban J connectivity index is 1.39. The topological polar surface area (TPSA) is 121 Å². The molecule has 0 saturated heterocycles. The monoisotopic (exact) mass is 477 g/mol. The van der Waals surface area contributed by atoms with Gasteiger partial charge in [0.2, 0.25) is 5.91 Å². The first-order valence-corrected chi connectivity index (χ1v) is 11.8. The van der Waals surface area contributed by atoms with Crippen molar-refractivity contribution < 1.29 is 14.3 Å². The molecule has 1 amide bonds. The summed E-state index contributed by atoms with van der Waals surface area (Å²) in [7, 11) is 0. The number of fused-ring (bicyclic) bond motifs is 1. The van der Waals surface area contributed by atoms with Crippen LogP contribution >= 0.6 is 23.1 Å². The van der Waals surface area contributed by atoms with Gasteiger partial charge in [0, 0.05) is 11.8 Å². The molecule has 3 heterocycles. The van der Waals surface area contributed by atoms with Crippen molar-refractivity contribution in [3.8, 4) is 17.5 Å². The van der Waals surface area contributed by atoms with Crippen molar-refractivity contribution in [2.24, 2.45) is 0 Å². The van der Waals surface area contributed by atoms with E-state index in [-0.39, 0.29) is 23.8 Å². The van der Waals surface area contributed by atoms with Crippen LogP contribution in [0.25, 0.3) is 22.4 Å². The largest absolute Gasteiger partial charge is 0.462 e. The van der Waals surface area contributed by atoms with Crippen LogP contribution in [0.2, 0.25) is 0 Å². The molecule has 166 valence electrons. The van der Waals surface area contributed by atoms with Crippen LogP contribution in [0, 0.1) is 18.3 Å². The van der Waals surface area contributed by atoms with Crippen LogP contribution in [-0.2, 0) is 9.53 Å². The number of H-pyrrole nitrogens is 1. The maximum Gasteiger partial charge on any atom is 0.348 e. The molecule has 0 radical (unpaired) electrons. The number of thiophene rings is 1. The van der Waals surface area contributed by atoms with Crippen LogP contribution in [-0.4, -0.2) is 39.2 Å². The van der Waals surface area contributed by atoms with Crippen LogP contribution in [0.4, 0.5) is 5.00 Å². The molecule has 0 bridgehead atoms. The average Bonchev–Trinajstić information content (AvgIpc) is 3.39. The van der Waals surface area contributed by atoms with Gasteiger partial charge < -0.3 is 15.0 Å². The number of esters is 1. The number of carbonyl (C=O) groups excluding carboxylic acids is 2. The molecule has 0 saturated carbocycles. The molecule has 8 nitrogen and oxygen atoms in total. The van der Waals surface area contributed by atoms with Crippen molar-refractivity contribution in [3.05, 3.63) is 58.6 Å². The summed E-state index contributed by atoms with van der Waals surface area (Å²) in [5.74, 6) is 0.0389. The zero-order valence-corrected chi connectivity index (χ0v) is 19.5. The average molecular weight is 478 g/mol. The zero-order chi connectivity index (χ0) is 23.4. The number of nitrogens with one attached hydrogen (secondary N) is 2. The predicted molar refractivity (Wildman–Crippen MR) is 128 cm³/mol. The number of imidazole rings is 1. The van der Waals surface area contributed by atoms with Crippen molar-refractivity contribution in [2.45, 2.75) is 18.9 Å². The Kier molecular flexibility index (Phi) is 6.72. The third-order valence-electron chi connectivity index (χ3n) is 4.72. The summed E-state index contributed by atoms with van der Waals surface area (Å²) >= 11 is 2.32. The fourth-order valence-corrected chi connectivity index (χ4v) is 4.83. The quantitative estimate of drug-likeness (QED) is 0.290. The number of pyridine rings is 1. The molecule has 0 fully saturated rings. The van der Waals surface area contributed by atoms with Crippen LogP contribution in [0.1, 0.15) is 27.7 Å². The number of thioether (sulfide) groups is 1. The van der Waals surface area contributed by atoms with E-state index in [9.17, 15) is 14.9 Å². The highest BCUT2D eigenvalue weighted by molar-refractivity contribution is 7.99. The van der Waals surface area contributed by atoms with E-state index < -0.39 is 5.97 Å². The number of rotatable bonds is 7. The number of aromatic amines is 1. The smallest absolute Gasteiger partial charge is 0.348 e. The lowest BCUT2D eigenvalue weighted by atomic mass is 10.2. The second kappa shape index (κ2) is 9.85. The molecular weight excluding hydrogens is 458 g/mol. The van der Waals surface area contributed by atoms with Crippen LogP contribution < -0.4 is 5.32 Å². The van der Waals surface area contributed by atoms with Gasteiger partial charge in [-0.15, -0.1) is 11.3 Å². The number of ether oxygens (including phenoxy) is 1. The van der Waals surface area contributed by atoms with Gasteiger partial charge in [0.15, 0.2) is 0 Å². The van der Waals surface area contributed by atoms with E-state index in [2.05, 4.69) is 26.3 Å². The van der Waals surface area contributed by atoms with Crippen LogP contribution in [0.5, 0.6) is 0 Å². The summed E-state index contributed by atoms with van der Waals surface area (Å²) < 4.78 is 5.02. The first-order chi connectivity index (χ1) is 16.0. The molecule has 3 aromatic heterocycles. The molecule has 0 spiro atoms. The fraction of sp³-hybridized carbons (Fsp3) is 0.174. The number of amides is 1. The molecule has 4 rings (SSSR count). The van der Waals surface area contributed by atoms with Gasteiger partial charge in [0.05, 0.1) is 34.0 Å². The van der Waals surface area contributed by atoms with Crippen molar-refractivity contribution in [3.63, 3.8) is 0 Å². The van der Waals surface area contributed by atoms with E-state index in [1.807, 2.05) is 36.4 Å². The van der Waals surface area contributed by atoms with Crippen molar-refractivity contribution in [2.75, 3.05) is 17.7 Å². The minimum Gasteiger partial charge on any atom is -0.462 e. The fourth-order valence-electron chi connectivity index (χ4n) is 3.12. The SMILES string of the molecule is CCOC(=O)c1sc(NC(=O)CSc2ccc(-c3nc4ccccc4[nH]3)cn2)c(C#N)c1C. The molecule has 0 unspecified atom stereocenters. The predicted octanol–water partition coefficient (Wildman–Crippen LogP) is 4.77. The Morgan fingerprint density at radius 2 is 2.09 bits per heavy atom. The lowest BCUT2D eigenvalue weighted by Gasteiger charge is -2.04. The molecule has 33 heavy (non-hydrogen) atoms. The number of para-hydroxylation sites is 2. The van der Waals surface area contributed by atoms with Gasteiger partial charge in [0.1, 0.15) is 21.8 Å². The molecule has 0 aliphatic rings. The van der Waals surface area contributed by atoms with Gasteiger partial charge in [-0.05, 0) is 43.7 Å². The number of benzene rings is 1.